The molecule has 0 spiro atoms. The van der Waals surface area contributed by atoms with Gasteiger partial charge in [0.25, 0.3) is 0 Å². The Kier molecular flexibility index (Phi) is 6.26. The molecule has 0 aliphatic carbocycles. The summed E-state index contributed by atoms with van der Waals surface area (Å²) >= 11 is 6.08. The maximum absolute atomic E-state index is 12.8. The third-order valence-corrected chi connectivity index (χ3v) is 5.91. The summed E-state index contributed by atoms with van der Waals surface area (Å²) in [7, 11) is 0. The number of amides is 1. The Balaban J connectivity index is 1.28. The minimum atomic E-state index is -0.0668. The van der Waals surface area contributed by atoms with Crippen molar-refractivity contribution in [2.24, 2.45) is 5.92 Å². The highest BCUT2D eigenvalue weighted by Crippen LogP contribution is 2.32. The van der Waals surface area contributed by atoms with E-state index in [1.165, 1.54) is 5.56 Å². The topological polar surface area (TPSA) is 50.8 Å². The molecule has 1 saturated heterocycles. The molecule has 2 aromatic carbocycles. The molecule has 1 amide bonds. The van der Waals surface area contributed by atoms with E-state index in [1.807, 2.05) is 43.3 Å². The van der Waals surface area contributed by atoms with Crippen molar-refractivity contribution in [2.75, 3.05) is 26.3 Å². The Hall–Kier alpha value is -2.24. The Morgan fingerprint density at radius 3 is 2.66 bits per heavy atom. The van der Waals surface area contributed by atoms with Gasteiger partial charge in [0.2, 0.25) is 5.91 Å². The standard InChI is InChI=1S/C23H27ClN2O3/c1-16(19-5-6-21-22(14-19)29-12-11-28-21)25-23(27)18-7-9-26(10-8-18)15-17-3-2-4-20(24)13-17/h2-6,13-14,16,18H,7-12,15H2,1H3,(H,25,27). The van der Waals surface area contributed by atoms with Crippen LogP contribution < -0.4 is 14.8 Å². The number of nitrogens with zero attached hydrogens (tertiary/aromatic N) is 1. The zero-order chi connectivity index (χ0) is 20.2. The van der Waals surface area contributed by atoms with Gasteiger partial charge in [-0.3, -0.25) is 9.69 Å². The molecule has 1 unspecified atom stereocenters. The van der Waals surface area contributed by atoms with E-state index in [4.69, 9.17) is 21.1 Å². The van der Waals surface area contributed by atoms with Gasteiger partial charge in [-0.05, 0) is 68.2 Å². The number of halogens is 1. The molecular formula is C23H27ClN2O3. The maximum atomic E-state index is 12.8. The summed E-state index contributed by atoms with van der Waals surface area (Å²) in [6.45, 7) is 5.87. The monoisotopic (exact) mass is 414 g/mol. The van der Waals surface area contributed by atoms with Crippen LogP contribution in [0.25, 0.3) is 0 Å². The quantitative estimate of drug-likeness (QED) is 0.796. The number of piperidine rings is 1. The molecule has 1 atom stereocenters. The molecule has 5 nitrogen and oxygen atoms in total. The SMILES string of the molecule is CC(NC(=O)C1CCN(Cc2cccc(Cl)c2)CC1)c1ccc2c(c1)OCCO2. The summed E-state index contributed by atoms with van der Waals surface area (Å²) in [6.07, 6.45) is 1.75. The van der Waals surface area contributed by atoms with E-state index >= 15 is 0 Å². The minimum Gasteiger partial charge on any atom is -0.486 e. The number of benzene rings is 2. The molecule has 29 heavy (non-hydrogen) atoms. The van der Waals surface area contributed by atoms with Crippen molar-refractivity contribution in [2.45, 2.75) is 32.4 Å². The third kappa shape index (κ3) is 5.03. The first-order chi connectivity index (χ1) is 14.1. The van der Waals surface area contributed by atoms with Gasteiger partial charge in [-0.2, -0.15) is 0 Å². The molecule has 2 aliphatic heterocycles. The lowest BCUT2D eigenvalue weighted by Gasteiger charge is -2.32. The largest absolute Gasteiger partial charge is 0.486 e. The van der Waals surface area contributed by atoms with Gasteiger partial charge in [0, 0.05) is 17.5 Å². The van der Waals surface area contributed by atoms with Gasteiger partial charge in [-0.25, -0.2) is 0 Å². The average Bonchev–Trinajstić information content (AvgIpc) is 2.74. The fourth-order valence-corrected chi connectivity index (χ4v) is 4.20. The molecule has 154 valence electrons. The van der Waals surface area contributed by atoms with Gasteiger partial charge >= 0.3 is 0 Å². The second-order valence-corrected chi connectivity index (χ2v) is 8.25. The fraction of sp³-hybridized carbons (Fsp3) is 0.435. The van der Waals surface area contributed by atoms with Gasteiger partial charge < -0.3 is 14.8 Å². The van der Waals surface area contributed by atoms with E-state index in [1.54, 1.807) is 0 Å². The molecule has 4 rings (SSSR count). The molecule has 0 saturated carbocycles. The van der Waals surface area contributed by atoms with Crippen molar-refractivity contribution in [3.63, 3.8) is 0 Å². The van der Waals surface area contributed by atoms with E-state index in [0.29, 0.717) is 13.2 Å². The number of carbonyl (C=O) groups excluding carboxylic acids is 1. The van der Waals surface area contributed by atoms with E-state index < -0.39 is 0 Å². The smallest absolute Gasteiger partial charge is 0.223 e. The highest BCUT2D eigenvalue weighted by molar-refractivity contribution is 6.30. The number of ether oxygens (including phenoxy) is 2. The normalized spacial score (nSPS) is 18.3. The number of carbonyl (C=O) groups is 1. The fourth-order valence-electron chi connectivity index (χ4n) is 3.99. The van der Waals surface area contributed by atoms with Gasteiger partial charge in [0.05, 0.1) is 6.04 Å². The Morgan fingerprint density at radius 1 is 1.14 bits per heavy atom. The van der Waals surface area contributed by atoms with Crippen LogP contribution in [-0.4, -0.2) is 37.1 Å². The lowest BCUT2D eigenvalue weighted by Crippen LogP contribution is -2.40. The van der Waals surface area contributed by atoms with Gasteiger partial charge in [0.15, 0.2) is 11.5 Å². The van der Waals surface area contributed by atoms with Crippen molar-refractivity contribution in [1.82, 2.24) is 10.2 Å². The first-order valence-electron chi connectivity index (χ1n) is 10.3. The predicted octanol–water partition coefficient (Wildman–Crippen LogP) is 4.20. The number of rotatable bonds is 5. The number of hydrogen-bond acceptors (Lipinski definition) is 4. The van der Waals surface area contributed by atoms with Crippen LogP contribution in [0.2, 0.25) is 5.02 Å². The molecule has 6 heteroatoms. The number of fused-ring (bicyclic) bond motifs is 1. The van der Waals surface area contributed by atoms with Crippen molar-refractivity contribution in [3.05, 3.63) is 58.6 Å². The van der Waals surface area contributed by atoms with Crippen LogP contribution in [0.1, 0.15) is 36.9 Å². The van der Waals surface area contributed by atoms with Crippen molar-refractivity contribution >= 4 is 17.5 Å². The molecule has 1 fully saturated rings. The number of hydrogen-bond donors (Lipinski definition) is 1. The molecule has 2 aromatic rings. The Morgan fingerprint density at radius 2 is 1.90 bits per heavy atom. The van der Waals surface area contributed by atoms with Crippen LogP contribution in [0, 0.1) is 5.92 Å². The van der Waals surface area contributed by atoms with Gasteiger partial charge in [-0.1, -0.05) is 29.8 Å². The number of nitrogens with one attached hydrogen (secondary N) is 1. The van der Waals surface area contributed by atoms with Crippen LogP contribution in [0.15, 0.2) is 42.5 Å². The summed E-state index contributed by atoms with van der Waals surface area (Å²) in [4.78, 5) is 15.2. The molecule has 2 heterocycles. The molecule has 2 aliphatic rings. The first-order valence-corrected chi connectivity index (χ1v) is 10.6. The minimum absolute atomic E-state index is 0.0604. The lowest BCUT2D eigenvalue weighted by molar-refractivity contribution is -0.127. The molecule has 0 bridgehead atoms. The summed E-state index contributed by atoms with van der Waals surface area (Å²) in [5.41, 5.74) is 2.24. The zero-order valence-electron chi connectivity index (χ0n) is 16.7. The van der Waals surface area contributed by atoms with E-state index in [9.17, 15) is 4.79 Å². The van der Waals surface area contributed by atoms with Crippen LogP contribution in [-0.2, 0) is 11.3 Å². The van der Waals surface area contributed by atoms with Crippen LogP contribution in [0.3, 0.4) is 0 Å². The van der Waals surface area contributed by atoms with Gasteiger partial charge in [0.1, 0.15) is 13.2 Å². The second kappa shape index (κ2) is 9.06. The molecule has 0 radical (unpaired) electrons. The molecule has 1 N–H and O–H groups in total. The van der Waals surface area contributed by atoms with E-state index in [2.05, 4.69) is 16.3 Å². The molecule has 0 aromatic heterocycles. The second-order valence-electron chi connectivity index (χ2n) is 7.81. The first kappa shape index (κ1) is 20.0. The summed E-state index contributed by atoms with van der Waals surface area (Å²) in [5.74, 6) is 1.72. The Labute approximate surface area is 176 Å². The maximum Gasteiger partial charge on any atom is 0.223 e. The summed E-state index contributed by atoms with van der Waals surface area (Å²) < 4.78 is 11.2. The van der Waals surface area contributed by atoms with Crippen LogP contribution in [0.5, 0.6) is 11.5 Å². The lowest BCUT2D eigenvalue weighted by atomic mass is 9.94. The van der Waals surface area contributed by atoms with Gasteiger partial charge in [-0.15, -0.1) is 0 Å². The third-order valence-electron chi connectivity index (χ3n) is 5.68. The Bertz CT molecular complexity index is 865. The number of likely N-dealkylation sites (tertiary alicyclic amines) is 1. The van der Waals surface area contributed by atoms with Crippen molar-refractivity contribution < 1.29 is 14.3 Å². The van der Waals surface area contributed by atoms with Crippen molar-refractivity contribution in [3.8, 4) is 11.5 Å². The predicted molar refractivity (Wildman–Crippen MR) is 113 cm³/mol. The summed E-state index contributed by atoms with van der Waals surface area (Å²) in [5, 5.41) is 3.94. The highest BCUT2D eigenvalue weighted by Gasteiger charge is 2.26. The van der Waals surface area contributed by atoms with Crippen LogP contribution >= 0.6 is 11.6 Å². The highest BCUT2D eigenvalue weighted by atomic mass is 35.5. The average molecular weight is 415 g/mol. The van der Waals surface area contributed by atoms with E-state index in [0.717, 1.165) is 54.6 Å². The zero-order valence-corrected chi connectivity index (χ0v) is 17.5. The van der Waals surface area contributed by atoms with Crippen molar-refractivity contribution in [1.29, 1.82) is 0 Å². The summed E-state index contributed by atoms with van der Waals surface area (Å²) in [6, 6.07) is 13.8. The van der Waals surface area contributed by atoms with Crippen LogP contribution in [0.4, 0.5) is 0 Å². The molecular weight excluding hydrogens is 388 g/mol. The van der Waals surface area contributed by atoms with E-state index in [-0.39, 0.29) is 17.9 Å².